The first-order valence-corrected chi connectivity index (χ1v) is 6.26. The Hall–Kier alpha value is -1.10. The first-order chi connectivity index (χ1) is 8.35. The fourth-order valence-electron chi connectivity index (χ4n) is 2.67. The van der Waals surface area contributed by atoms with Crippen molar-refractivity contribution >= 4 is 5.69 Å². The third-order valence-corrected chi connectivity index (χ3v) is 3.72. The summed E-state index contributed by atoms with van der Waals surface area (Å²) in [6, 6.07) is 6.29. The number of anilines is 1. The molecule has 0 amide bonds. The van der Waals surface area contributed by atoms with Gasteiger partial charge in [0, 0.05) is 31.7 Å². The molecule has 0 saturated heterocycles. The maximum Gasteiger partial charge on any atom is 0.168 e. The molecule has 1 aliphatic heterocycles. The summed E-state index contributed by atoms with van der Waals surface area (Å²) in [4.78, 5) is 0. The van der Waals surface area contributed by atoms with E-state index >= 15 is 0 Å². The van der Waals surface area contributed by atoms with E-state index in [1.54, 1.807) is 7.11 Å². The molecule has 3 N–H and O–H groups in total. The average Bonchev–Trinajstić information content (AvgIpc) is 2.62. The van der Waals surface area contributed by atoms with Gasteiger partial charge in [0.05, 0.1) is 5.69 Å². The Kier molecular flexibility index (Phi) is 3.13. The third kappa shape index (κ3) is 1.72. The molecule has 1 aliphatic rings. The van der Waals surface area contributed by atoms with Crippen molar-refractivity contribution in [1.29, 1.82) is 0 Å². The minimum atomic E-state index is -0.512. The van der Waals surface area contributed by atoms with Gasteiger partial charge in [-0.3, -0.25) is 0 Å². The lowest BCUT2D eigenvalue weighted by molar-refractivity contribution is -0.118. The summed E-state index contributed by atoms with van der Waals surface area (Å²) < 4.78 is 5.87. The molecule has 0 saturated carbocycles. The van der Waals surface area contributed by atoms with Gasteiger partial charge in [-0.05, 0) is 17.7 Å². The van der Waals surface area contributed by atoms with E-state index in [0.29, 0.717) is 6.54 Å². The van der Waals surface area contributed by atoms with Crippen LogP contribution in [0.25, 0.3) is 0 Å². The molecule has 100 valence electrons. The van der Waals surface area contributed by atoms with Crippen LogP contribution in [0.2, 0.25) is 0 Å². The molecule has 0 bridgehead atoms. The van der Waals surface area contributed by atoms with E-state index in [1.807, 2.05) is 12.1 Å². The first-order valence-electron chi connectivity index (χ1n) is 6.26. The summed E-state index contributed by atoms with van der Waals surface area (Å²) in [6.07, 6.45) is 0. The van der Waals surface area contributed by atoms with Crippen LogP contribution in [0.1, 0.15) is 31.9 Å². The van der Waals surface area contributed by atoms with Crippen molar-refractivity contribution < 1.29 is 4.74 Å². The SMILES string of the molecule is COC1(C(C)(C)C)NN(C)c2ccc(CN)cc21. The molecule has 1 atom stereocenters. The minimum Gasteiger partial charge on any atom is -0.357 e. The predicted octanol–water partition coefficient (Wildman–Crippen LogP) is 1.94. The zero-order valence-electron chi connectivity index (χ0n) is 11.9. The molecule has 2 rings (SSSR count). The summed E-state index contributed by atoms with van der Waals surface area (Å²) in [5.41, 5.74) is 12.0. The van der Waals surface area contributed by atoms with Gasteiger partial charge in [-0.25, -0.2) is 0 Å². The summed E-state index contributed by atoms with van der Waals surface area (Å²) in [5, 5.41) is 2.02. The number of nitrogens with one attached hydrogen (secondary N) is 1. The number of ether oxygens (including phenoxy) is 1. The molecule has 4 nitrogen and oxygen atoms in total. The van der Waals surface area contributed by atoms with Crippen LogP contribution in [0.15, 0.2) is 18.2 Å². The molecule has 1 aromatic carbocycles. The Morgan fingerprint density at radius 3 is 2.56 bits per heavy atom. The maximum absolute atomic E-state index is 5.87. The van der Waals surface area contributed by atoms with Crippen molar-refractivity contribution in [2.75, 3.05) is 19.2 Å². The van der Waals surface area contributed by atoms with E-state index < -0.39 is 5.72 Å². The molecule has 0 aromatic heterocycles. The van der Waals surface area contributed by atoms with Gasteiger partial charge >= 0.3 is 0 Å². The zero-order chi connectivity index (χ0) is 13.6. The van der Waals surface area contributed by atoms with Gasteiger partial charge in [0.15, 0.2) is 5.72 Å². The molecule has 18 heavy (non-hydrogen) atoms. The Morgan fingerprint density at radius 2 is 2.06 bits per heavy atom. The second-order valence-electron chi connectivity index (χ2n) is 5.86. The summed E-state index contributed by atoms with van der Waals surface area (Å²) in [7, 11) is 3.75. The molecule has 0 fully saturated rings. The predicted molar refractivity (Wildman–Crippen MR) is 74.0 cm³/mol. The Balaban J connectivity index is 2.63. The lowest BCUT2D eigenvalue weighted by atomic mass is 9.78. The van der Waals surface area contributed by atoms with Crippen molar-refractivity contribution in [3.05, 3.63) is 29.3 Å². The smallest absolute Gasteiger partial charge is 0.168 e. The average molecular weight is 249 g/mol. The van der Waals surface area contributed by atoms with Crippen LogP contribution in [-0.4, -0.2) is 14.2 Å². The van der Waals surface area contributed by atoms with Crippen molar-refractivity contribution in [3.63, 3.8) is 0 Å². The number of methoxy groups -OCH3 is 1. The van der Waals surface area contributed by atoms with Crippen molar-refractivity contribution in [2.45, 2.75) is 33.0 Å². The monoisotopic (exact) mass is 249 g/mol. The topological polar surface area (TPSA) is 50.5 Å². The standard InChI is InChI=1S/C14H23N3O/c1-13(2,3)14(18-5)11-8-10(9-15)6-7-12(11)17(4)16-14/h6-8,16H,9,15H2,1-5H3. The zero-order valence-corrected chi connectivity index (χ0v) is 11.9. The number of nitrogens with two attached hydrogens (primary N) is 1. The van der Waals surface area contributed by atoms with Gasteiger partial charge in [-0.15, -0.1) is 0 Å². The second-order valence-corrected chi connectivity index (χ2v) is 5.86. The highest BCUT2D eigenvalue weighted by Crippen LogP contribution is 2.47. The summed E-state index contributed by atoms with van der Waals surface area (Å²) in [5.74, 6) is 0. The summed E-state index contributed by atoms with van der Waals surface area (Å²) in [6.45, 7) is 7.05. The fraction of sp³-hybridized carbons (Fsp3) is 0.571. The fourth-order valence-corrected chi connectivity index (χ4v) is 2.67. The number of benzene rings is 1. The van der Waals surface area contributed by atoms with Crippen LogP contribution in [0.5, 0.6) is 0 Å². The lowest BCUT2D eigenvalue weighted by Gasteiger charge is -2.41. The second kappa shape index (κ2) is 4.23. The number of fused-ring (bicyclic) bond motifs is 1. The molecular weight excluding hydrogens is 226 g/mol. The van der Waals surface area contributed by atoms with Crippen LogP contribution in [0.3, 0.4) is 0 Å². The first kappa shape index (κ1) is 13.3. The maximum atomic E-state index is 5.87. The Bertz CT molecular complexity index is 453. The minimum absolute atomic E-state index is 0.0749. The van der Waals surface area contributed by atoms with Crippen molar-refractivity contribution in [3.8, 4) is 0 Å². The third-order valence-electron chi connectivity index (χ3n) is 3.72. The number of hydrogen-bond donors (Lipinski definition) is 2. The molecule has 1 aromatic rings. The molecule has 0 aliphatic carbocycles. The molecule has 0 radical (unpaired) electrons. The highest BCUT2D eigenvalue weighted by molar-refractivity contribution is 5.60. The van der Waals surface area contributed by atoms with Crippen LogP contribution in [-0.2, 0) is 17.0 Å². The van der Waals surface area contributed by atoms with E-state index in [4.69, 9.17) is 10.5 Å². The van der Waals surface area contributed by atoms with Gasteiger partial charge in [0.25, 0.3) is 0 Å². The van der Waals surface area contributed by atoms with Crippen LogP contribution >= 0.6 is 0 Å². The van der Waals surface area contributed by atoms with Crippen LogP contribution < -0.4 is 16.2 Å². The molecular formula is C14H23N3O. The normalized spacial score (nSPS) is 23.3. The van der Waals surface area contributed by atoms with Gasteiger partial charge in [0.1, 0.15) is 0 Å². The van der Waals surface area contributed by atoms with E-state index in [1.165, 1.54) is 0 Å². The number of hydrazine groups is 1. The largest absolute Gasteiger partial charge is 0.357 e. The van der Waals surface area contributed by atoms with E-state index in [-0.39, 0.29) is 5.41 Å². The number of hydrogen-bond acceptors (Lipinski definition) is 4. The quantitative estimate of drug-likeness (QED) is 0.841. The highest BCUT2D eigenvalue weighted by Gasteiger charge is 2.50. The molecule has 4 heteroatoms. The Labute approximate surface area is 109 Å². The van der Waals surface area contributed by atoms with E-state index in [2.05, 4.69) is 44.4 Å². The van der Waals surface area contributed by atoms with Gasteiger partial charge in [-0.2, -0.15) is 5.43 Å². The van der Waals surface area contributed by atoms with Crippen LogP contribution in [0.4, 0.5) is 5.69 Å². The van der Waals surface area contributed by atoms with Gasteiger partial charge < -0.3 is 15.5 Å². The van der Waals surface area contributed by atoms with E-state index in [0.717, 1.165) is 16.8 Å². The summed E-state index contributed by atoms with van der Waals surface area (Å²) >= 11 is 0. The van der Waals surface area contributed by atoms with Gasteiger partial charge in [0.2, 0.25) is 0 Å². The van der Waals surface area contributed by atoms with Gasteiger partial charge in [-0.1, -0.05) is 26.8 Å². The molecule has 1 unspecified atom stereocenters. The Morgan fingerprint density at radius 1 is 1.39 bits per heavy atom. The highest BCUT2D eigenvalue weighted by atomic mass is 16.5. The number of nitrogens with zero attached hydrogens (tertiary/aromatic N) is 1. The number of rotatable bonds is 2. The van der Waals surface area contributed by atoms with Crippen molar-refractivity contribution in [2.24, 2.45) is 11.1 Å². The molecule has 1 heterocycles. The lowest BCUT2D eigenvalue weighted by Crippen LogP contribution is -2.54. The molecule has 0 spiro atoms. The van der Waals surface area contributed by atoms with Crippen molar-refractivity contribution in [1.82, 2.24) is 5.43 Å². The van der Waals surface area contributed by atoms with Crippen LogP contribution in [0, 0.1) is 5.41 Å². The van der Waals surface area contributed by atoms with E-state index in [9.17, 15) is 0 Å².